The number of carbonyl (C=O) groups is 1. The Morgan fingerprint density at radius 3 is 2.78 bits per heavy atom. The predicted molar refractivity (Wildman–Crippen MR) is 71.6 cm³/mol. The molecule has 0 aliphatic rings. The van der Waals surface area contributed by atoms with Crippen LogP contribution in [0.1, 0.15) is 12.5 Å². The van der Waals surface area contributed by atoms with Crippen molar-refractivity contribution in [2.75, 3.05) is 13.2 Å². The second kappa shape index (κ2) is 7.33. The van der Waals surface area contributed by atoms with E-state index >= 15 is 0 Å². The SMILES string of the molecule is C=CCc1ccccc1OCC(=C)C(=O)OCC. The van der Waals surface area contributed by atoms with Crippen molar-refractivity contribution >= 4 is 5.97 Å². The molecule has 0 fully saturated rings. The molecule has 0 spiro atoms. The lowest BCUT2D eigenvalue weighted by Gasteiger charge is -2.11. The lowest BCUT2D eigenvalue weighted by molar-refractivity contribution is -0.138. The number of rotatable bonds is 7. The van der Waals surface area contributed by atoms with Gasteiger partial charge in [0.05, 0.1) is 12.2 Å². The first-order valence-corrected chi connectivity index (χ1v) is 5.85. The van der Waals surface area contributed by atoms with Gasteiger partial charge in [0.15, 0.2) is 0 Å². The summed E-state index contributed by atoms with van der Waals surface area (Å²) >= 11 is 0. The van der Waals surface area contributed by atoms with Gasteiger partial charge in [-0.25, -0.2) is 4.79 Å². The molecular formula is C15H18O3. The highest BCUT2D eigenvalue weighted by Crippen LogP contribution is 2.19. The van der Waals surface area contributed by atoms with Gasteiger partial charge in [-0.3, -0.25) is 0 Å². The minimum Gasteiger partial charge on any atom is -0.488 e. The van der Waals surface area contributed by atoms with E-state index in [0.29, 0.717) is 12.2 Å². The number of allylic oxidation sites excluding steroid dienone is 1. The number of hydrogen-bond donors (Lipinski definition) is 0. The van der Waals surface area contributed by atoms with Gasteiger partial charge in [0.1, 0.15) is 12.4 Å². The van der Waals surface area contributed by atoms with Gasteiger partial charge in [0, 0.05) is 0 Å². The van der Waals surface area contributed by atoms with E-state index in [9.17, 15) is 4.79 Å². The Balaban J connectivity index is 2.60. The Kier molecular flexibility index (Phi) is 5.71. The molecule has 1 rings (SSSR count). The first kappa shape index (κ1) is 14.0. The zero-order chi connectivity index (χ0) is 13.4. The number of hydrogen-bond acceptors (Lipinski definition) is 3. The van der Waals surface area contributed by atoms with E-state index in [-0.39, 0.29) is 6.61 Å². The number of ether oxygens (including phenoxy) is 2. The third kappa shape index (κ3) is 4.09. The Hall–Kier alpha value is -2.03. The van der Waals surface area contributed by atoms with Crippen LogP contribution in [0.3, 0.4) is 0 Å². The molecule has 0 amide bonds. The first-order valence-electron chi connectivity index (χ1n) is 5.85. The minimum atomic E-state index is -0.418. The average Bonchev–Trinajstić information content (AvgIpc) is 2.38. The Morgan fingerprint density at radius 2 is 2.11 bits per heavy atom. The van der Waals surface area contributed by atoms with Gasteiger partial charge in [-0.2, -0.15) is 0 Å². The number of para-hydroxylation sites is 1. The van der Waals surface area contributed by atoms with Crippen LogP contribution in [0.15, 0.2) is 49.1 Å². The van der Waals surface area contributed by atoms with E-state index < -0.39 is 5.97 Å². The summed E-state index contributed by atoms with van der Waals surface area (Å²) in [4.78, 5) is 11.4. The van der Waals surface area contributed by atoms with Gasteiger partial charge in [-0.1, -0.05) is 30.9 Å². The molecule has 96 valence electrons. The Bertz CT molecular complexity index is 435. The van der Waals surface area contributed by atoms with E-state index in [1.165, 1.54) is 0 Å². The quantitative estimate of drug-likeness (QED) is 0.421. The van der Waals surface area contributed by atoms with Gasteiger partial charge in [0.25, 0.3) is 0 Å². The fourth-order valence-electron chi connectivity index (χ4n) is 1.43. The Morgan fingerprint density at radius 1 is 1.39 bits per heavy atom. The summed E-state index contributed by atoms with van der Waals surface area (Å²) in [5, 5.41) is 0. The predicted octanol–water partition coefficient (Wildman–Crippen LogP) is 2.91. The van der Waals surface area contributed by atoms with Crippen LogP contribution in [0.25, 0.3) is 0 Å². The third-order valence-electron chi connectivity index (χ3n) is 2.30. The van der Waals surface area contributed by atoms with Crippen LogP contribution in [0.4, 0.5) is 0 Å². The van der Waals surface area contributed by atoms with Crippen LogP contribution in [-0.4, -0.2) is 19.2 Å². The van der Waals surface area contributed by atoms with Crippen LogP contribution in [-0.2, 0) is 16.0 Å². The zero-order valence-electron chi connectivity index (χ0n) is 10.6. The van der Waals surface area contributed by atoms with Gasteiger partial charge in [-0.15, -0.1) is 6.58 Å². The second-order valence-electron chi connectivity index (χ2n) is 3.71. The molecule has 0 bridgehead atoms. The molecule has 0 aliphatic heterocycles. The fourth-order valence-corrected chi connectivity index (χ4v) is 1.43. The molecule has 0 unspecified atom stereocenters. The summed E-state index contributed by atoms with van der Waals surface area (Å²) in [5.41, 5.74) is 1.34. The molecule has 0 saturated carbocycles. The highest BCUT2D eigenvalue weighted by molar-refractivity contribution is 5.88. The van der Waals surface area contributed by atoms with Crippen LogP contribution in [0, 0.1) is 0 Å². The van der Waals surface area contributed by atoms with E-state index in [2.05, 4.69) is 13.2 Å². The molecule has 0 heterocycles. The molecule has 1 aromatic rings. The van der Waals surface area contributed by atoms with Gasteiger partial charge in [-0.05, 0) is 25.0 Å². The largest absolute Gasteiger partial charge is 0.488 e. The molecule has 0 atom stereocenters. The summed E-state index contributed by atoms with van der Waals surface area (Å²) in [6, 6.07) is 7.64. The summed E-state index contributed by atoms with van der Waals surface area (Å²) in [6.45, 7) is 9.57. The van der Waals surface area contributed by atoms with Crippen molar-refractivity contribution in [3.05, 3.63) is 54.6 Å². The molecule has 3 heteroatoms. The summed E-state index contributed by atoms with van der Waals surface area (Å²) in [5.74, 6) is 0.321. The highest BCUT2D eigenvalue weighted by Gasteiger charge is 2.09. The van der Waals surface area contributed by atoms with Gasteiger partial charge in [0.2, 0.25) is 0 Å². The second-order valence-corrected chi connectivity index (χ2v) is 3.71. The van der Waals surface area contributed by atoms with Crippen LogP contribution in [0.2, 0.25) is 0 Å². The molecule has 0 saturated heterocycles. The standard InChI is InChI=1S/C15H18O3/c1-4-8-13-9-6-7-10-14(13)18-11-12(3)15(16)17-5-2/h4,6-7,9-10H,1,3,5,8,11H2,2H3. The molecule has 0 aromatic heterocycles. The lowest BCUT2D eigenvalue weighted by Crippen LogP contribution is -2.13. The van der Waals surface area contributed by atoms with Crippen LogP contribution in [0.5, 0.6) is 5.75 Å². The highest BCUT2D eigenvalue weighted by atomic mass is 16.5. The maximum Gasteiger partial charge on any atom is 0.336 e. The van der Waals surface area contributed by atoms with Crippen molar-refractivity contribution in [3.8, 4) is 5.75 Å². The van der Waals surface area contributed by atoms with Crippen molar-refractivity contribution in [3.63, 3.8) is 0 Å². The molecule has 0 aliphatic carbocycles. The zero-order valence-corrected chi connectivity index (χ0v) is 10.6. The molecular weight excluding hydrogens is 228 g/mol. The first-order chi connectivity index (χ1) is 8.69. The molecule has 0 radical (unpaired) electrons. The van der Waals surface area contributed by atoms with Crippen molar-refractivity contribution in [2.24, 2.45) is 0 Å². The topological polar surface area (TPSA) is 35.5 Å². The molecule has 0 N–H and O–H groups in total. The van der Waals surface area contributed by atoms with Gasteiger partial charge >= 0.3 is 5.97 Å². The lowest BCUT2D eigenvalue weighted by atomic mass is 10.1. The van der Waals surface area contributed by atoms with E-state index in [4.69, 9.17) is 9.47 Å². The molecule has 1 aromatic carbocycles. The van der Waals surface area contributed by atoms with Crippen molar-refractivity contribution in [1.82, 2.24) is 0 Å². The molecule has 3 nitrogen and oxygen atoms in total. The minimum absolute atomic E-state index is 0.132. The normalized spacial score (nSPS) is 9.61. The maximum absolute atomic E-state index is 11.4. The summed E-state index contributed by atoms with van der Waals surface area (Å²) < 4.78 is 10.4. The van der Waals surface area contributed by atoms with Gasteiger partial charge < -0.3 is 9.47 Å². The van der Waals surface area contributed by atoms with Crippen molar-refractivity contribution < 1.29 is 14.3 Å². The maximum atomic E-state index is 11.4. The summed E-state index contributed by atoms with van der Waals surface area (Å²) in [6.07, 6.45) is 2.53. The van der Waals surface area contributed by atoms with Crippen molar-refractivity contribution in [2.45, 2.75) is 13.3 Å². The smallest absolute Gasteiger partial charge is 0.336 e. The van der Waals surface area contributed by atoms with E-state index in [1.54, 1.807) is 6.92 Å². The molecule has 18 heavy (non-hydrogen) atoms. The van der Waals surface area contributed by atoms with E-state index in [0.717, 1.165) is 17.7 Å². The van der Waals surface area contributed by atoms with E-state index in [1.807, 2.05) is 30.3 Å². The number of benzene rings is 1. The van der Waals surface area contributed by atoms with Crippen LogP contribution >= 0.6 is 0 Å². The van der Waals surface area contributed by atoms with Crippen molar-refractivity contribution in [1.29, 1.82) is 0 Å². The van der Waals surface area contributed by atoms with Crippen LogP contribution < -0.4 is 4.74 Å². The average molecular weight is 246 g/mol. The number of esters is 1. The Labute approximate surface area is 108 Å². The fraction of sp³-hybridized carbons (Fsp3) is 0.267. The summed E-state index contributed by atoms with van der Waals surface area (Å²) in [7, 11) is 0. The number of carbonyl (C=O) groups excluding carboxylic acids is 1. The monoisotopic (exact) mass is 246 g/mol. The third-order valence-corrected chi connectivity index (χ3v) is 2.30.